The molecule has 6 nitrogen and oxygen atoms in total. The molecule has 252 valence electrons. The minimum absolute atomic E-state index is 0.0501. The summed E-state index contributed by atoms with van der Waals surface area (Å²) < 4.78 is 11.2. The highest BCUT2D eigenvalue weighted by atomic mass is 16.5. The number of aliphatic hydroxyl groups is 3. The van der Waals surface area contributed by atoms with E-state index in [1.54, 1.807) is 0 Å². The molecule has 0 aromatic carbocycles. The number of hydrogen-bond acceptors (Lipinski definition) is 6. The van der Waals surface area contributed by atoms with Crippen molar-refractivity contribution in [1.82, 2.24) is 0 Å². The van der Waals surface area contributed by atoms with Gasteiger partial charge in [-0.1, -0.05) is 129 Å². The van der Waals surface area contributed by atoms with Crippen LogP contribution in [0.25, 0.3) is 0 Å². The van der Waals surface area contributed by atoms with Crippen molar-refractivity contribution in [1.29, 1.82) is 0 Å². The molecule has 6 atom stereocenters. The number of carbonyl (C=O) groups excluding carboxylic acids is 1. The third kappa shape index (κ3) is 18.0. The summed E-state index contributed by atoms with van der Waals surface area (Å²) in [6.07, 6.45) is 28.9. The van der Waals surface area contributed by atoms with E-state index in [4.69, 9.17) is 9.47 Å². The van der Waals surface area contributed by atoms with Crippen LogP contribution in [0, 0.1) is 0 Å². The first-order valence-corrected chi connectivity index (χ1v) is 18.5. The minimum atomic E-state index is -0.653. The van der Waals surface area contributed by atoms with Gasteiger partial charge in [0.05, 0.1) is 30.5 Å². The highest BCUT2D eigenvalue weighted by Crippen LogP contribution is 2.28. The van der Waals surface area contributed by atoms with E-state index in [1.165, 1.54) is 103 Å². The number of hydrogen-bond donors (Lipinski definition) is 3. The fourth-order valence-corrected chi connectivity index (χ4v) is 6.76. The minimum Gasteiger partial charge on any atom is -0.455 e. The second-order valence-electron chi connectivity index (χ2n) is 13.7. The number of carbonyl (C=O) groups is 1. The van der Waals surface area contributed by atoms with Crippen LogP contribution < -0.4 is 0 Å². The van der Waals surface area contributed by atoms with Gasteiger partial charge in [-0.2, -0.15) is 0 Å². The number of rotatable bonds is 28. The summed E-state index contributed by atoms with van der Waals surface area (Å²) in [7, 11) is 0. The molecule has 0 aromatic heterocycles. The van der Waals surface area contributed by atoms with Gasteiger partial charge in [0, 0.05) is 12.0 Å². The maximum atomic E-state index is 11.6. The van der Waals surface area contributed by atoms with E-state index >= 15 is 0 Å². The molecule has 1 fully saturated rings. The molecule has 6 heteroatoms. The molecular weight excluding hydrogens is 540 g/mol. The molecule has 0 saturated carbocycles. The average Bonchev–Trinajstić information content (AvgIpc) is 3.60. The van der Waals surface area contributed by atoms with Gasteiger partial charge in [0.2, 0.25) is 0 Å². The largest absolute Gasteiger partial charge is 0.455 e. The third-order valence-electron chi connectivity index (χ3n) is 9.54. The van der Waals surface area contributed by atoms with E-state index < -0.39 is 18.3 Å². The van der Waals surface area contributed by atoms with E-state index in [0.29, 0.717) is 6.42 Å². The molecule has 43 heavy (non-hydrogen) atoms. The van der Waals surface area contributed by atoms with Crippen LogP contribution >= 0.6 is 0 Å². The monoisotopic (exact) mass is 609 g/mol. The Hall–Kier alpha value is -0.950. The van der Waals surface area contributed by atoms with Gasteiger partial charge in [-0.05, 0) is 51.5 Å². The molecule has 2 heterocycles. The van der Waals surface area contributed by atoms with E-state index in [0.717, 1.165) is 63.4 Å². The van der Waals surface area contributed by atoms with E-state index in [1.807, 2.05) is 13.0 Å². The summed E-state index contributed by atoms with van der Waals surface area (Å²) in [5.74, 6) is -0.122. The molecule has 0 aliphatic carbocycles. The van der Waals surface area contributed by atoms with Crippen LogP contribution in [0.1, 0.15) is 181 Å². The Labute approximate surface area is 264 Å². The second kappa shape index (κ2) is 24.3. The van der Waals surface area contributed by atoms with Crippen molar-refractivity contribution in [3.05, 3.63) is 11.6 Å². The van der Waals surface area contributed by atoms with E-state index in [9.17, 15) is 20.1 Å². The molecule has 6 unspecified atom stereocenters. The highest BCUT2D eigenvalue weighted by Gasteiger charge is 2.35. The zero-order valence-electron chi connectivity index (χ0n) is 28.0. The topological polar surface area (TPSA) is 96.2 Å². The highest BCUT2D eigenvalue weighted by molar-refractivity contribution is 5.90. The Bertz CT molecular complexity index is 724. The number of esters is 1. The maximum Gasteiger partial charge on any atom is 0.334 e. The number of ether oxygens (including phenoxy) is 2. The molecule has 3 N–H and O–H groups in total. The SMILES string of the molecule is CCCCCCCCCCCC(O)C1CCC(C(O)CC(O)CCCCCCCCCCCCCC2=CC(C)OC2=O)O1. The van der Waals surface area contributed by atoms with Gasteiger partial charge >= 0.3 is 5.97 Å². The van der Waals surface area contributed by atoms with Gasteiger partial charge in [-0.3, -0.25) is 0 Å². The molecule has 0 bridgehead atoms. The summed E-state index contributed by atoms with van der Waals surface area (Å²) >= 11 is 0. The van der Waals surface area contributed by atoms with Crippen molar-refractivity contribution < 1.29 is 29.6 Å². The lowest BCUT2D eigenvalue weighted by molar-refractivity contribution is -0.139. The van der Waals surface area contributed by atoms with Crippen LogP contribution in [0.15, 0.2) is 11.6 Å². The Morgan fingerprint density at radius 2 is 1.14 bits per heavy atom. The first kappa shape index (κ1) is 38.2. The van der Waals surface area contributed by atoms with Crippen LogP contribution in [0.5, 0.6) is 0 Å². The lowest BCUT2D eigenvalue weighted by Crippen LogP contribution is -2.33. The molecular formula is C37H68O6. The number of unbranched alkanes of at least 4 members (excludes halogenated alkanes) is 18. The van der Waals surface area contributed by atoms with Gasteiger partial charge in [0.25, 0.3) is 0 Å². The standard InChI is InChI=1S/C37H68O6/c1-3-4-5-6-7-11-16-19-22-25-33(39)35-26-27-36(43-35)34(40)29-32(38)24-21-18-15-13-10-8-9-12-14-17-20-23-31-28-30(2)42-37(31)41/h28,30,32-36,38-40H,3-27,29H2,1-2H3. The van der Waals surface area contributed by atoms with Crippen molar-refractivity contribution in [3.8, 4) is 0 Å². The average molecular weight is 609 g/mol. The summed E-state index contributed by atoms with van der Waals surface area (Å²) in [5.41, 5.74) is 0.864. The number of cyclic esters (lactones) is 1. The summed E-state index contributed by atoms with van der Waals surface area (Å²) in [4.78, 5) is 11.6. The van der Waals surface area contributed by atoms with Gasteiger partial charge in [0.15, 0.2) is 0 Å². The maximum absolute atomic E-state index is 11.6. The molecule has 0 aromatic rings. The van der Waals surface area contributed by atoms with Gasteiger partial charge in [-0.15, -0.1) is 0 Å². The summed E-state index contributed by atoms with van der Waals surface area (Å²) in [6, 6.07) is 0. The van der Waals surface area contributed by atoms with Crippen molar-refractivity contribution >= 4 is 5.97 Å². The van der Waals surface area contributed by atoms with Crippen molar-refractivity contribution in [2.45, 2.75) is 217 Å². The normalized spacial score (nSPS) is 22.5. The van der Waals surface area contributed by atoms with Crippen LogP contribution in [-0.2, 0) is 14.3 Å². The molecule has 2 aliphatic heterocycles. The van der Waals surface area contributed by atoms with Crippen LogP contribution in [0.2, 0.25) is 0 Å². The van der Waals surface area contributed by atoms with E-state index in [2.05, 4.69) is 6.92 Å². The fourth-order valence-electron chi connectivity index (χ4n) is 6.76. The van der Waals surface area contributed by atoms with Crippen LogP contribution in [-0.4, -0.2) is 57.9 Å². The van der Waals surface area contributed by atoms with E-state index in [-0.39, 0.29) is 24.3 Å². The number of aliphatic hydroxyl groups excluding tert-OH is 3. The molecule has 2 rings (SSSR count). The zero-order valence-corrected chi connectivity index (χ0v) is 28.0. The first-order chi connectivity index (χ1) is 20.9. The molecule has 1 saturated heterocycles. The van der Waals surface area contributed by atoms with Crippen LogP contribution in [0.3, 0.4) is 0 Å². The predicted octanol–water partition coefficient (Wildman–Crippen LogP) is 8.87. The Morgan fingerprint density at radius 1 is 0.674 bits per heavy atom. The smallest absolute Gasteiger partial charge is 0.334 e. The lowest BCUT2D eigenvalue weighted by Gasteiger charge is -2.23. The first-order valence-electron chi connectivity index (χ1n) is 18.5. The molecule has 0 spiro atoms. The predicted molar refractivity (Wildman–Crippen MR) is 176 cm³/mol. The van der Waals surface area contributed by atoms with Crippen molar-refractivity contribution in [3.63, 3.8) is 0 Å². The fraction of sp³-hybridized carbons (Fsp3) is 0.919. The molecule has 0 amide bonds. The van der Waals surface area contributed by atoms with Gasteiger partial charge < -0.3 is 24.8 Å². The quantitative estimate of drug-likeness (QED) is 0.0606. The zero-order chi connectivity index (χ0) is 31.1. The Kier molecular flexibility index (Phi) is 21.6. The Morgan fingerprint density at radius 3 is 1.65 bits per heavy atom. The van der Waals surface area contributed by atoms with Crippen molar-refractivity contribution in [2.75, 3.05) is 0 Å². The van der Waals surface area contributed by atoms with Gasteiger partial charge in [-0.25, -0.2) is 4.79 Å². The summed E-state index contributed by atoms with van der Waals surface area (Å²) in [5, 5.41) is 31.7. The molecule has 2 aliphatic rings. The van der Waals surface area contributed by atoms with Gasteiger partial charge in [0.1, 0.15) is 6.10 Å². The second-order valence-corrected chi connectivity index (χ2v) is 13.7. The Balaban J connectivity index is 1.36. The summed E-state index contributed by atoms with van der Waals surface area (Å²) in [6.45, 7) is 4.16. The third-order valence-corrected chi connectivity index (χ3v) is 9.54. The van der Waals surface area contributed by atoms with Crippen molar-refractivity contribution in [2.24, 2.45) is 0 Å². The van der Waals surface area contributed by atoms with Crippen LogP contribution in [0.4, 0.5) is 0 Å². The lowest BCUT2D eigenvalue weighted by atomic mass is 9.98. The molecule has 0 radical (unpaired) electrons.